The predicted octanol–water partition coefficient (Wildman–Crippen LogP) is 3.55. The Labute approximate surface area is 179 Å². The molecule has 1 fully saturated rings. The molecule has 0 aliphatic carbocycles. The number of hydrogen-bond donors (Lipinski definition) is 1. The van der Waals surface area contributed by atoms with Gasteiger partial charge in [-0.2, -0.15) is 4.31 Å². The fourth-order valence-electron chi connectivity index (χ4n) is 3.40. The Morgan fingerprint density at radius 2 is 1.70 bits per heavy atom. The highest BCUT2D eigenvalue weighted by molar-refractivity contribution is 7.89. The summed E-state index contributed by atoms with van der Waals surface area (Å²) in [6.45, 7) is 2.56. The van der Waals surface area contributed by atoms with Crippen LogP contribution in [0.3, 0.4) is 0 Å². The normalized spacial score (nSPS) is 15.8. The number of nitrogens with zero attached hydrogens (tertiary/aromatic N) is 3. The lowest BCUT2D eigenvalue weighted by molar-refractivity contribution is -0.120. The van der Waals surface area contributed by atoms with E-state index in [0.29, 0.717) is 36.0 Å². The van der Waals surface area contributed by atoms with Crippen molar-refractivity contribution in [3.8, 4) is 10.6 Å². The van der Waals surface area contributed by atoms with Gasteiger partial charge in [-0.25, -0.2) is 8.42 Å². The van der Waals surface area contributed by atoms with Crippen LogP contribution in [0, 0.1) is 12.8 Å². The Kier molecular flexibility index (Phi) is 5.94. The summed E-state index contributed by atoms with van der Waals surface area (Å²) < 4.78 is 27.1. The van der Waals surface area contributed by atoms with Crippen LogP contribution in [0.1, 0.15) is 18.4 Å². The van der Waals surface area contributed by atoms with Gasteiger partial charge in [-0.15, -0.1) is 10.2 Å². The van der Waals surface area contributed by atoms with Crippen LogP contribution >= 0.6 is 11.3 Å². The van der Waals surface area contributed by atoms with E-state index in [4.69, 9.17) is 0 Å². The van der Waals surface area contributed by atoms with Gasteiger partial charge in [-0.05, 0) is 31.9 Å². The van der Waals surface area contributed by atoms with E-state index in [1.807, 2.05) is 37.3 Å². The van der Waals surface area contributed by atoms with Crippen molar-refractivity contribution in [3.63, 3.8) is 0 Å². The molecule has 1 N–H and O–H groups in total. The minimum Gasteiger partial charge on any atom is -0.300 e. The first kappa shape index (κ1) is 20.6. The molecule has 7 nitrogen and oxygen atoms in total. The molecule has 1 aliphatic heterocycles. The van der Waals surface area contributed by atoms with Crippen molar-refractivity contribution in [1.29, 1.82) is 0 Å². The number of nitrogens with one attached hydrogen (secondary N) is 1. The van der Waals surface area contributed by atoms with Crippen LogP contribution in [0.4, 0.5) is 5.13 Å². The number of carbonyl (C=O) groups is 1. The largest absolute Gasteiger partial charge is 0.300 e. The van der Waals surface area contributed by atoms with Gasteiger partial charge in [-0.1, -0.05) is 59.4 Å². The fraction of sp³-hybridized carbons (Fsp3) is 0.286. The molecule has 0 spiro atoms. The molecule has 1 saturated heterocycles. The number of sulfonamides is 1. The minimum absolute atomic E-state index is 0.141. The van der Waals surface area contributed by atoms with Crippen molar-refractivity contribution in [3.05, 3.63) is 60.2 Å². The monoisotopic (exact) mass is 442 g/mol. The zero-order chi connectivity index (χ0) is 21.1. The van der Waals surface area contributed by atoms with E-state index in [9.17, 15) is 13.2 Å². The molecule has 1 aliphatic rings. The highest BCUT2D eigenvalue weighted by Gasteiger charge is 2.32. The number of benzene rings is 2. The second-order valence-corrected chi connectivity index (χ2v) is 10.2. The third-order valence-corrected chi connectivity index (χ3v) is 7.96. The topological polar surface area (TPSA) is 92.3 Å². The average molecular weight is 443 g/mol. The van der Waals surface area contributed by atoms with Gasteiger partial charge < -0.3 is 5.32 Å². The molecular weight excluding hydrogens is 420 g/mol. The van der Waals surface area contributed by atoms with Crippen molar-refractivity contribution in [2.24, 2.45) is 5.92 Å². The smallest absolute Gasteiger partial charge is 0.243 e. The SMILES string of the molecule is Cc1ccc(S(=O)(=O)N2CCC(C(=O)Nc3nnc(-c4ccccc4)s3)CC2)cc1. The molecule has 1 amide bonds. The first-order valence-corrected chi connectivity index (χ1v) is 12.0. The van der Waals surface area contributed by atoms with Crippen molar-refractivity contribution in [2.75, 3.05) is 18.4 Å². The summed E-state index contributed by atoms with van der Waals surface area (Å²) in [5.41, 5.74) is 1.96. The molecular formula is C21H22N4O3S2. The Morgan fingerprint density at radius 1 is 1.03 bits per heavy atom. The maximum Gasteiger partial charge on any atom is 0.243 e. The third-order valence-electron chi connectivity index (χ3n) is 5.16. The van der Waals surface area contributed by atoms with Crippen molar-refractivity contribution < 1.29 is 13.2 Å². The van der Waals surface area contributed by atoms with Crippen LogP contribution in [0.25, 0.3) is 10.6 Å². The van der Waals surface area contributed by atoms with E-state index in [2.05, 4.69) is 15.5 Å². The molecule has 30 heavy (non-hydrogen) atoms. The molecule has 1 aromatic heterocycles. The summed E-state index contributed by atoms with van der Waals surface area (Å²) in [6, 6.07) is 16.5. The molecule has 2 heterocycles. The van der Waals surface area contributed by atoms with Gasteiger partial charge in [0.1, 0.15) is 5.01 Å². The minimum atomic E-state index is -3.53. The van der Waals surface area contributed by atoms with E-state index >= 15 is 0 Å². The Morgan fingerprint density at radius 3 is 2.37 bits per heavy atom. The molecule has 0 saturated carbocycles. The number of aromatic nitrogens is 2. The summed E-state index contributed by atoms with van der Waals surface area (Å²) in [5.74, 6) is -0.392. The number of amides is 1. The van der Waals surface area contributed by atoms with Crippen LogP contribution in [-0.4, -0.2) is 41.9 Å². The maximum atomic E-state index is 12.8. The highest BCUT2D eigenvalue weighted by atomic mass is 32.2. The second-order valence-electron chi connectivity index (χ2n) is 7.26. The second kappa shape index (κ2) is 8.63. The van der Waals surface area contributed by atoms with E-state index < -0.39 is 10.0 Å². The van der Waals surface area contributed by atoms with Crippen LogP contribution in [0.2, 0.25) is 0 Å². The number of anilines is 1. The fourth-order valence-corrected chi connectivity index (χ4v) is 5.62. The van der Waals surface area contributed by atoms with Gasteiger partial charge in [0.2, 0.25) is 21.1 Å². The van der Waals surface area contributed by atoms with Gasteiger partial charge in [0.15, 0.2) is 0 Å². The quantitative estimate of drug-likeness (QED) is 0.652. The van der Waals surface area contributed by atoms with Gasteiger partial charge in [0, 0.05) is 24.6 Å². The molecule has 0 atom stereocenters. The Hall–Kier alpha value is -2.62. The van der Waals surface area contributed by atoms with Crippen LogP contribution in [0.15, 0.2) is 59.5 Å². The van der Waals surface area contributed by atoms with E-state index in [0.717, 1.165) is 16.1 Å². The number of aryl methyl sites for hydroxylation is 1. The van der Waals surface area contributed by atoms with Crippen LogP contribution in [-0.2, 0) is 14.8 Å². The Balaban J connectivity index is 1.36. The summed E-state index contributed by atoms with van der Waals surface area (Å²) in [7, 11) is -3.53. The number of piperidine rings is 1. The summed E-state index contributed by atoms with van der Waals surface area (Å²) in [4.78, 5) is 12.9. The van der Waals surface area contributed by atoms with Gasteiger partial charge in [-0.3, -0.25) is 4.79 Å². The molecule has 2 aromatic carbocycles. The highest BCUT2D eigenvalue weighted by Crippen LogP contribution is 2.28. The van der Waals surface area contributed by atoms with Crippen molar-refractivity contribution in [1.82, 2.24) is 14.5 Å². The summed E-state index contributed by atoms with van der Waals surface area (Å²) in [5, 5.41) is 12.2. The van der Waals surface area contributed by atoms with Gasteiger partial charge >= 0.3 is 0 Å². The maximum absolute atomic E-state index is 12.8. The van der Waals surface area contributed by atoms with E-state index in [1.165, 1.54) is 15.6 Å². The predicted molar refractivity (Wildman–Crippen MR) is 117 cm³/mol. The van der Waals surface area contributed by atoms with Crippen molar-refractivity contribution >= 4 is 32.4 Å². The molecule has 0 unspecified atom stereocenters. The third kappa shape index (κ3) is 4.43. The lowest BCUT2D eigenvalue weighted by atomic mass is 9.97. The first-order chi connectivity index (χ1) is 14.4. The molecule has 0 bridgehead atoms. The molecule has 3 aromatic rings. The number of hydrogen-bond acceptors (Lipinski definition) is 6. The summed E-state index contributed by atoms with van der Waals surface area (Å²) >= 11 is 1.32. The van der Waals surface area contributed by atoms with E-state index in [1.54, 1.807) is 24.3 Å². The summed E-state index contributed by atoms with van der Waals surface area (Å²) in [6.07, 6.45) is 0.947. The van der Waals surface area contributed by atoms with Gasteiger partial charge in [0.25, 0.3) is 0 Å². The lowest BCUT2D eigenvalue weighted by Gasteiger charge is -2.30. The van der Waals surface area contributed by atoms with Crippen LogP contribution < -0.4 is 5.32 Å². The van der Waals surface area contributed by atoms with Gasteiger partial charge in [0.05, 0.1) is 4.90 Å². The van der Waals surface area contributed by atoms with Crippen molar-refractivity contribution in [2.45, 2.75) is 24.7 Å². The first-order valence-electron chi connectivity index (χ1n) is 9.70. The lowest BCUT2D eigenvalue weighted by Crippen LogP contribution is -2.41. The molecule has 9 heteroatoms. The molecule has 156 valence electrons. The number of rotatable bonds is 5. The Bertz CT molecular complexity index is 1120. The van der Waals surface area contributed by atoms with Crippen LogP contribution in [0.5, 0.6) is 0 Å². The number of carbonyl (C=O) groups excluding carboxylic acids is 1. The zero-order valence-corrected chi connectivity index (χ0v) is 18.1. The standard InChI is InChI=1S/C21H22N4O3S2/c1-15-7-9-18(10-8-15)30(27,28)25-13-11-16(12-14-25)19(26)22-21-24-23-20(29-21)17-5-3-2-4-6-17/h2-10,16H,11-14H2,1H3,(H,22,24,26). The van der Waals surface area contributed by atoms with E-state index in [-0.39, 0.29) is 11.8 Å². The zero-order valence-electron chi connectivity index (χ0n) is 16.5. The molecule has 0 radical (unpaired) electrons. The average Bonchev–Trinajstić information content (AvgIpc) is 3.23. The molecule has 4 rings (SSSR count).